The van der Waals surface area contributed by atoms with Gasteiger partial charge < -0.3 is 9.52 Å². The van der Waals surface area contributed by atoms with Gasteiger partial charge in [-0.2, -0.15) is 0 Å². The van der Waals surface area contributed by atoms with Gasteiger partial charge in [-0.05, 0) is 37.6 Å². The first-order chi connectivity index (χ1) is 11.8. The van der Waals surface area contributed by atoms with E-state index in [2.05, 4.69) is 0 Å². The highest BCUT2D eigenvalue weighted by molar-refractivity contribution is 6.17. The molecule has 0 bridgehead atoms. The number of amides is 1. The van der Waals surface area contributed by atoms with Crippen LogP contribution in [-0.4, -0.2) is 16.8 Å². The van der Waals surface area contributed by atoms with E-state index in [-0.39, 0.29) is 17.3 Å². The Labute approximate surface area is 146 Å². The number of carbonyl (C=O) groups is 2. The summed E-state index contributed by atoms with van der Waals surface area (Å²) in [5, 5.41) is 10.4. The van der Waals surface area contributed by atoms with Crippen LogP contribution in [-0.2, 0) is 9.59 Å². The van der Waals surface area contributed by atoms with E-state index in [4.69, 9.17) is 4.42 Å². The molecule has 1 N–H and O–H groups in total. The number of aliphatic hydroxyl groups excluding tert-OH is 1. The number of nitrogens with zero attached hydrogens (tertiary/aromatic N) is 1. The largest absolute Gasteiger partial charge is 0.503 e. The van der Waals surface area contributed by atoms with Gasteiger partial charge in [0, 0.05) is 11.6 Å². The van der Waals surface area contributed by atoms with Gasteiger partial charge in [-0.3, -0.25) is 14.5 Å². The lowest BCUT2D eigenvalue weighted by Crippen LogP contribution is -2.31. The Hall–Kier alpha value is -2.82. The summed E-state index contributed by atoms with van der Waals surface area (Å²) in [7, 11) is 0. The molecule has 1 atom stereocenters. The Balaban J connectivity index is 2.19. The second-order valence-electron chi connectivity index (χ2n) is 6.66. The van der Waals surface area contributed by atoms with Gasteiger partial charge in [-0.25, -0.2) is 0 Å². The van der Waals surface area contributed by atoms with Gasteiger partial charge in [0.05, 0.1) is 11.8 Å². The number of furan rings is 1. The summed E-state index contributed by atoms with van der Waals surface area (Å²) in [6.45, 7) is 7.35. The van der Waals surface area contributed by atoms with E-state index in [1.807, 2.05) is 32.0 Å². The van der Waals surface area contributed by atoms with Gasteiger partial charge >= 0.3 is 0 Å². The first-order valence-corrected chi connectivity index (χ1v) is 8.24. The second-order valence-corrected chi connectivity index (χ2v) is 6.66. The number of hydrogen-bond donors (Lipinski definition) is 1. The minimum Gasteiger partial charge on any atom is -0.503 e. The summed E-state index contributed by atoms with van der Waals surface area (Å²) in [6.07, 6.45) is 1.49. The second kappa shape index (κ2) is 6.24. The van der Waals surface area contributed by atoms with Crippen LogP contribution >= 0.6 is 0 Å². The Bertz CT molecular complexity index is 862. The van der Waals surface area contributed by atoms with Crippen molar-refractivity contribution >= 4 is 17.4 Å². The molecule has 1 aliphatic rings. The lowest BCUT2D eigenvalue weighted by atomic mass is 9.94. The maximum Gasteiger partial charge on any atom is 0.294 e. The van der Waals surface area contributed by atoms with E-state index in [9.17, 15) is 14.7 Å². The van der Waals surface area contributed by atoms with Crippen LogP contribution in [0.25, 0.3) is 0 Å². The molecular formula is C20H21NO4. The summed E-state index contributed by atoms with van der Waals surface area (Å²) >= 11 is 0. The molecule has 0 radical (unpaired) electrons. The molecule has 0 aliphatic carbocycles. The highest BCUT2D eigenvalue weighted by atomic mass is 16.3. The topological polar surface area (TPSA) is 70.8 Å². The highest BCUT2D eigenvalue weighted by Gasteiger charge is 2.46. The summed E-state index contributed by atoms with van der Waals surface area (Å²) in [5.41, 5.74) is 2.69. The van der Waals surface area contributed by atoms with Crippen molar-refractivity contribution in [2.24, 2.45) is 5.92 Å². The van der Waals surface area contributed by atoms with Crippen molar-refractivity contribution in [3.8, 4) is 0 Å². The predicted molar refractivity (Wildman–Crippen MR) is 94.4 cm³/mol. The van der Waals surface area contributed by atoms with E-state index in [0.717, 1.165) is 11.1 Å². The van der Waals surface area contributed by atoms with Crippen molar-refractivity contribution < 1.29 is 19.1 Å². The van der Waals surface area contributed by atoms with Crippen LogP contribution in [0.1, 0.15) is 36.8 Å². The summed E-state index contributed by atoms with van der Waals surface area (Å²) in [6, 6.07) is 8.33. The lowest BCUT2D eigenvalue weighted by Gasteiger charge is -2.27. The Morgan fingerprint density at radius 1 is 1.24 bits per heavy atom. The molecule has 25 heavy (non-hydrogen) atoms. The monoisotopic (exact) mass is 339 g/mol. The van der Waals surface area contributed by atoms with Crippen molar-refractivity contribution in [2.75, 3.05) is 4.90 Å². The SMILES string of the molecule is Cc1ccc(N2C(=O)C(O)=C(C(=O)C(C)C)C2c2ccco2)c(C)c1. The Morgan fingerprint density at radius 3 is 2.52 bits per heavy atom. The van der Waals surface area contributed by atoms with Crippen LogP contribution in [0.2, 0.25) is 0 Å². The zero-order chi connectivity index (χ0) is 18.3. The summed E-state index contributed by atoms with van der Waals surface area (Å²) in [4.78, 5) is 26.9. The van der Waals surface area contributed by atoms with Gasteiger partial charge in [-0.15, -0.1) is 0 Å². The third kappa shape index (κ3) is 2.76. The number of aryl methyl sites for hydroxylation is 2. The average Bonchev–Trinajstić information content (AvgIpc) is 3.15. The van der Waals surface area contributed by atoms with Crippen molar-refractivity contribution in [1.29, 1.82) is 0 Å². The molecule has 3 rings (SSSR count). The lowest BCUT2D eigenvalue weighted by molar-refractivity contribution is -0.119. The fraction of sp³-hybridized carbons (Fsp3) is 0.300. The van der Waals surface area contributed by atoms with Crippen molar-refractivity contribution in [2.45, 2.75) is 33.7 Å². The fourth-order valence-corrected chi connectivity index (χ4v) is 3.21. The van der Waals surface area contributed by atoms with E-state index in [1.54, 1.807) is 26.0 Å². The predicted octanol–water partition coefficient (Wildman–Crippen LogP) is 4.02. The fourth-order valence-electron chi connectivity index (χ4n) is 3.21. The number of rotatable bonds is 4. The molecule has 1 aromatic heterocycles. The first kappa shape index (κ1) is 17.0. The quantitative estimate of drug-likeness (QED) is 0.913. The minimum atomic E-state index is -0.765. The number of anilines is 1. The smallest absolute Gasteiger partial charge is 0.294 e. The first-order valence-electron chi connectivity index (χ1n) is 8.24. The Kier molecular flexibility index (Phi) is 4.25. The van der Waals surface area contributed by atoms with Gasteiger partial charge in [0.25, 0.3) is 5.91 Å². The molecule has 2 aromatic rings. The minimum absolute atomic E-state index is 0.0925. The number of benzene rings is 1. The third-order valence-corrected chi connectivity index (χ3v) is 4.42. The van der Waals surface area contributed by atoms with Crippen molar-refractivity contribution in [3.05, 3.63) is 64.8 Å². The molecule has 5 heteroatoms. The molecule has 5 nitrogen and oxygen atoms in total. The maximum absolute atomic E-state index is 12.8. The highest BCUT2D eigenvalue weighted by Crippen LogP contribution is 2.42. The molecule has 0 spiro atoms. The molecule has 1 amide bonds. The van der Waals surface area contributed by atoms with Crippen LogP contribution in [0.4, 0.5) is 5.69 Å². The van der Waals surface area contributed by atoms with E-state index in [1.165, 1.54) is 11.2 Å². The molecule has 2 heterocycles. The maximum atomic E-state index is 12.8. The summed E-state index contributed by atoms with van der Waals surface area (Å²) in [5.74, 6) is -1.25. The summed E-state index contributed by atoms with van der Waals surface area (Å²) < 4.78 is 5.50. The van der Waals surface area contributed by atoms with E-state index in [0.29, 0.717) is 11.4 Å². The van der Waals surface area contributed by atoms with Crippen LogP contribution in [0.5, 0.6) is 0 Å². The third-order valence-electron chi connectivity index (χ3n) is 4.42. The molecule has 0 saturated carbocycles. The molecule has 1 unspecified atom stereocenters. The number of aliphatic hydroxyl groups is 1. The van der Waals surface area contributed by atoms with E-state index >= 15 is 0 Å². The van der Waals surface area contributed by atoms with Gasteiger partial charge in [0.1, 0.15) is 11.8 Å². The molecule has 0 fully saturated rings. The number of Topliss-reactive ketones (excluding diaryl/α,β-unsaturated/α-hetero) is 1. The van der Waals surface area contributed by atoms with Gasteiger partial charge in [0.15, 0.2) is 11.5 Å². The van der Waals surface area contributed by atoms with Crippen molar-refractivity contribution in [3.63, 3.8) is 0 Å². The van der Waals surface area contributed by atoms with Crippen molar-refractivity contribution in [1.82, 2.24) is 0 Å². The number of carbonyl (C=O) groups excluding carboxylic acids is 2. The van der Waals surface area contributed by atoms with Crippen LogP contribution < -0.4 is 4.90 Å². The normalized spacial score (nSPS) is 17.7. The van der Waals surface area contributed by atoms with Crippen LogP contribution in [0.3, 0.4) is 0 Å². The van der Waals surface area contributed by atoms with Gasteiger partial charge in [0.2, 0.25) is 0 Å². The number of hydrogen-bond acceptors (Lipinski definition) is 4. The average molecular weight is 339 g/mol. The van der Waals surface area contributed by atoms with E-state index < -0.39 is 17.7 Å². The molecular weight excluding hydrogens is 318 g/mol. The molecule has 1 aliphatic heterocycles. The van der Waals surface area contributed by atoms with Gasteiger partial charge in [-0.1, -0.05) is 31.5 Å². The molecule has 0 saturated heterocycles. The standard InChI is InChI=1S/C20H21NO4/c1-11(2)18(22)16-17(15-6-5-9-25-15)21(20(24)19(16)23)14-8-7-12(3)10-13(14)4/h5-11,17,23H,1-4H3. The number of ketones is 1. The zero-order valence-corrected chi connectivity index (χ0v) is 14.7. The van der Waals surface area contributed by atoms with Crippen LogP contribution in [0, 0.1) is 19.8 Å². The Morgan fingerprint density at radius 2 is 1.96 bits per heavy atom. The molecule has 1 aromatic carbocycles. The van der Waals surface area contributed by atoms with Crippen LogP contribution in [0.15, 0.2) is 52.3 Å². The molecule has 130 valence electrons. The zero-order valence-electron chi connectivity index (χ0n) is 14.7.